The van der Waals surface area contributed by atoms with E-state index in [1.807, 2.05) is 6.07 Å². The summed E-state index contributed by atoms with van der Waals surface area (Å²) < 4.78 is 0. The smallest absolute Gasteiger partial charge is 0.293 e. The summed E-state index contributed by atoms with van der Waals surface area (Å²) in [7, 11) is 0. The van der Waals surface area contributed by atoms with Gasteiger partial charge in [-0.15, -0.1) is 0 Å². The predicted molar refractivity (Wildman–Crippen MR) is 73.0 cm³/mol. The van der Waals surface area contributed by atoms with Gasteiger partial charge in [0.05, 0.1) is 16.6 Å². The standard InChI is InChI=1S/C14H17N3O2/c1-14(2)6-3-7-16(10-14)12-5-4-11(9-15)8-13(12)17(18)19/h4-5,8H,3,6-7,10H2,1-2H3. The topological polar surface area (TPSA) is 70.2 Å². The Balaban J connectivity index is 2.39. The quantitative estimate of drug-likeness (QED) is 0.604. The van der Waals surface area contributed by atoms with E-state index in [0.29, 0.717) is 11.3 Å². The summed E-state index contributed by atoms with van der Waals surface area (Å²) in [5.41, 5.74) is 1.14. The van der Waals surface area contributed by atoms with E-state index in [2.05, 4.69) is 18.7 Å². The number of nitriles is 1. The molecule has 0 N–H and O–H groups in total. The lowest BCUT2D eigenvalue weighted by Crippen LogP contribution is -2.40. The molecule has 5 nitrogen and oxygen atoms in total. The van der Waals surface area contributed by atoms with E-state index in [-0.39, 0.29) is 11.1 Å². The number of rotatable bonds is 2. The average Bonchev–Trinajstić information content (AvgIpc) is 2.36. The normalized spacial score (nSPS) is 17.8. The van der Waals surface area contributed by atoms with Crippen LogP contribution in [0.15, 0.2) is 18.2 Å². The molecule has 0 saturated carbocycles. The third-order valence-electron chi connectivity index (χ3n) is 3.54. The second kappa shape index (κ2) is 4.88. The second-order valence-electron chi connectivity index (χ2n) is 5.76. The monoisotopic (exact) mass is 259 g/mol. The van der Waals surface area contributed by atoms with Crippen molar-refractivity contribution in [3.05, 3.63) is 33.9 Å². The minimum atomic E-state index is -0.405. The van der Waals surface area contributed by atoms with Crippen molar-refractivity contribution in [2.45, 2.75) is 26.7 Å². The van der Waals surface area contributed by atoms with E-state index >= 15 is 0 Å². The lowest BCUT2D eigenvalue weighted by molar-refractivity contribution is -0.384. The SMILES string of the molecule is CC1(C)CCCN(c2ccc(C#N)cc2[N+](=O)[O-])C1. The molecule has 100 valence electrons. The maximum absolute atomic E-state index is 11.2. The number of piperidine rings is 1. The molecule has 0 atom stereocenters. The number of nitro benzene ring substituents is 1. The van der Waals surface area contributed by atoms with Crippen LogP contribution in [0.5, 0.6) is 0 Å². The molecule has 0 aliphatic carbocycles. The van der Waals surface area contributed by atoms with Gasteiger partial charge >= 0.3 is 0 Å². The molecule has 0 radical (unpaired) electrons. The Morgan fingerprint density at radius 1 is 1.47 bits per heavy atom. The fraction of sp³-hybridized carbons (Fsp3) is 0.500. The van der Waals surface area contributed by atoms with Gasteiger partial charge in [0, 0.05) is 19.2 Å². The highest BCUT2D eigenvalue weighted by Gasteiger charge is 2.29. The van der Waals surface area contributed by atoms with Crippen LogP contribution in [0.4, 0.5) is 11.4 Å². The van der Waals surface area contributed by atoms with E-state index < -0.39 is 4.92 Å². The molecule has 0 bridgehead atoms. The molecule has 0 aromatic heterocycles. The van der Waals surface area contributed by atoms with Gasteiger partial charge in [0.15, 0.2) is 0 Å². The van der Waals surface area contributed by atoms with Crippen LogP contribution in [-0.2, 0) is 0 Å². The van der Waals surface area contributed by atoms with Crippen molar-refractivity contribution in [3.63, 3.8) is 0 Å². The minimum Gasteiger partial charge on any atom is -0.365 e. The van der Waals surface area contributed by atoms with Crippen LogP contribution in [0.2, 0.25) is 0 Å². The van der Waals surface area contributed by atoms with E-state index in [0.717, 1.165) is 25.9 Å². The number of anilines is 1. The first-order valence-corrected chi connectivity index (χ1v) is 6.36. The summed E-state index contributed by atoms with van der Waals surface area (Å²) in [6, 6.07) is 6.64. The molecule has 2 rings (SSSR count). The molecule has 0 spiro atoms. The van der Waals surface area contributed by atoms with Gasteiger partial charge < -0.3 is 4.90 Å². The van der Waals surface area contributed by atoms with Gasteiger partial charge in [-0.1, -0.05) is 13.8 Å². The average molecular weight is 259 g/mol. The predicted octanol–water partition coefficient (Wildman–Crippen LogP) is 3.09. The number of hydrogen-bond donors (Lipinski definition) is 0. The lowest BCUT2D eigenvalue weighted by Gasteiger charge is -2.39. The van der Waals surface area contributed by atoms with Gasteiger partial charge in [-0.3, -0.25) is 10.1 Å². The van der Waals surface area contributed by atoms with Crippen LogP contribution in [0.3, 0.4) is 0 Å². The highest BCUT2D eigenvalue weighted by Crippen LogP contribution is 2.36. The molecule has 1 aromatic rings. The number of nitrogens with zero attached hydrogens (tertiary/aromatic N) is 3. The highest BCUT2D eigenvalue weighted by atomic mass is 16.6. The zero-order chi connectivity index (χ0) is 14.0. The second-order valence-corrected chi connectivity index (χ2v) is 5.76. The Bertz CT molecular complexity index is 546. The summed E-state index contributed by atoms with van der Waals surface area (Å²) in [5, 5.41) is 20.0. The summed E-state index contributed by atoms with van der Waals surface area (Å²) in [6.45, 7) is 5.99. The van der Waals surface area contributed by atoms with Crippen molar-refractivity contribution in [1.82, 2.24) is 0 Å². The van der Waals surface area contributed by atoms with Crippen LogP contribution < -0.4 is 4.90 Å². The van der Waals surface area contributed by atoms with Crippen LogP contribution in [0.1, 0.15) is 32.3 Å². The third kappa shape index (κ3) is 2.84. The van der Waals surface area contributed by atoms with Gasteiger partial charge in [0.25, 0.3) is 5.69 Å². The van der Waals surface area contributed by atoms with Crippen LogP contribution in [-0.4, -0.2) is 18.0 Å². The molecule has 19 heavy (non-hydrogen) atoms. The van der Waals surface area contributed by atoms with Crippen molar-refractivity contribution in [1.29, 1.82) is 5.26 Å². The maximum atomic E-state index is 11.2. The van der Waals surface area contributed by atoms with Gasteiger partial charge in [-0.05, 0) is 30.4 Å². The zero-order valence-corrected chi connectivity index (χ0v) is 11.2. The summed E-state index contributed by atoms with van der Waals surface area (Å²) in [6.07, 6.45) is 2.16. The molecule has 1 aliphatic rings. The van der Waals surface area contributed by atoms with E-state index in [4.69, 9.17) is 5.26 Å². The summed E-state index contributed by atoms with van der Waals surface area (Å²) >= 11 is 0. The molecular formula is C14H17N3O2. The first-order valence-electron chi connectivity index (χ1n) is 6.36. The minimum absolute atomic E-state index is 0.0248. The van der Waals surface area contributed by atoms with Gasteiger partial charge in [0.2, 0.25) is 0 Å². The molecule has 1 aromatic carbocycles. The van der Waals surface area contributed by atoms with Gasteiger partial charge in [0.1, 0.15) is 5.69 Å². The Labute approximate surface area is 112 Å². The van der Waals surface area contributed by atoms with Crippen LogP contribution in [0.25, 0.3) is 0 Å². The zero-order valence-electron chi connectivity index (χ0n) is 11.2. The first kappa shape index (κ1) is 13.3. The molecule has 0 amide bonds. The molecule has 1 heterocycles. The largest absolute Gasteiger partial charge is 0.365 e. The highest BCUT2D eigenvalue weighted by molar-refractivity contribution is 5.66. The Kier molecular flexibility index (Phi) is 3.43. The van der Waals surface area contributed by atoms with Crippen molar-refractivity contribution < 1.29 is 4.92 Å². The Morgan fingerprint density at radius 2 is 2.21 bits per heavy atom. The lowest BCUT2D eigenvalue weighted by atomic mass is 9.84. The van der Waals surface area contributed by atoms with Crippen molar-refractivity contribution in [3.8, 4) is 6.07 Å². The number of nitro groups is 1. The van der Waals surface area contributed by atoms with Crippen LogP contribution >= 0.6 is 0 Å². The summed E-state index contributed by atoms with van der Waals surface area (Å²) in [5.74, 6) is 0. The molecular weight excluding hydrogens is 242 g/mol. The van der Waals surface area contributed by atoms with E-state index in [1.165, 1.54) is 6.07 Å². The molecule has 5 heteroatoms. The first-order chi connectivity index (χ1) is 8.93. The van der Waals surface area contributed by atoms with Crippen molar-refractivity contribution in [2.24, 2.45) is 5.41 Å². The van der Waals surface area contributed by atoms with E-state index in [1.54, 1.807) is 12.1 Å². The third-order valence-corrected chi connectivity index (χ3v) is 3.54. The Hall–Kier alpha value is -2.09. The van der Waals surface area contributed by atoms with Crippen LogP contribution in [0, 0.1) is 26.9 Å². The molecule has 0 unspecified atom stereocenters. The fourth-order valence-corrected chi connectivity index (χ4v) is 2.64. The molecule has 1 aliphatic heterocycles. The Morgan fingerprint density at radius 3 is 2.79 bits per heavy atom. The molecule has 1 fully saturated rings. The summed E-state index contributed by atoms with van der Waals surface area (Å²) in [4.78, 5) is 12.8. The molecule has 1 saturated heterocycles. The van der Waals surface area contributed by atoms with Crippen molar-refractivity contribution >= 4 is 11.4 Å². The van der Waals surface area contributed by atoms with Gasteiger partial charge in [-0.2, -0.15) is 5.26 Å². The fourth-order valence-electron chi connectivity index (χ4n) is 2.64. The number of hydrogen-bond acceptors (Lipinski definition) is 4. The van der Waals surface area contributed by atoms with Gasteiger partial charge in [-0.25, -0.2) is 0 Å². The van der Waals surface area contributed by atoms with E-state index in [9.17, 15) is 10.1 Å². The van der Waals surface area contributed by atoms with Crippen molar-refractivity contribution in [2.75, 3.05) is 18.0 Å². The number of benzene rings is 1. The maximum Gasteiger partial charge on any atom is 0.293 e.